The van der Waals surface area contributed by atoms with Crippen molar-refractivity contribution in [3.05, 3.63) is 30.1 Å². The largest absolute Gasteiger partial charge is 0.395 e. The zero-order valence-corrected chi connectivity index (χ0v) is 12.0. The number of anilines is 1. The normalized spacial score (nSPS) is 11.0. The van der Waals surface area contributed by atoms with Gasteiger partial charge in [0.15, 0.2) is 5.82 Å². The predicted octanol–water partition coefficient (Wildman–Crippen LogP) is 2.73. The molecule has 5 nitrogen and oxygen atoms in total. The molecule has 20 heavy (non-hydrogen) atoms. The van der Waals surface area contributed by atoms with Crippen LogP contribution in [0.5, 0.6) is 0 Å². The van der Waals surface area contributed by atoms with Gasteiger partial charge in [0.25, 0.3) is 5.89 Å². The average molecular weight is 275 g/mol. The van der Waals surface area contributed by atoms with E-state index in [1.165, 1.54) is 0 Å². The highest BCUT2D eigenvalue weighted by Gasteiger charge is 2.09. The Morgan fingerprint density at radius 2 is 2.00 bits per heavy atom. The second kappa shape index (κ2) is 7.05. The lowest BCUT2D eigenvalue weighted by Gasteiger charge is -2.03. The van der Waals surface area contributed by atoms with Crippen LogP contribution in [0.2, 0.25) is 0 Å². The minimum Gasteiger partial charge on any atom is -0.395 e. The molecule has 0 saturated heterocycles. The fraction of sp³-hybridized carbons (Fsp3) is 0.467. The third-order valence-corrected chi connectivity index (χ3v) is 2.99. The molecule has 0 aliphatic rings. The van der Waals surface area contributed by atoms with Crippen molar-refractivity contribution in [2.24, 2.45) is 5.92 Å². The van der Waals surface area contributed by atoms with Crippen LogP contribution in [0, 0.1) is 5.92 Å². The summed E-state index contributed by atoms with van der Waals surface area (Å²) < 4.78 is 5.28. The third kappa shape index (κ3) is 4.06. The van der Waals surface area contributed by atoms with Crippen LogP contribution in [0.1, 0.15) is 26.1 Å². The first kappa shape index (κ1) is 14.5. The number of benzene rings is 1. The number of aryl methyl sites for hydroxylation is 1. The maximum Gasteiger partial charge on any atom is 0.257 e. The number of rotatable bonds is 7. The highest BCUT2D eigenvalue weighted by molar-refractivity contribution is 5.58. The van der Waals surface area contributed by atoms with E-state index in [4.69, 9.17) is 9.63 Å². The minimum atomic E-state index is 0.116. The van der Waals surface area contributed by atoms with Gasteiger partial charge in [0.1, 0.15) is 0 Å². The summed E-state index contributed by atoms with van der Waals surface area (Å²) >= 11 is 0. The molecule has 0 fully saturated rings. The van der Waals surface area contributed by atoms with Crippen molar-refractivity contribution < 1.29 is 9.63 Å². The molecule has 0 saturated carbocycles. The smallest absolute Gasteiger partial charge is 0.257 e. The highest BCUT2D eigenvalue weighted by Crippen LogP contribution is 2.20. The van der Waals surface area contributed by atoms with E-state index in [0.29, 0.717) is 18.4 Å². The maximum absolute atomic E-state index is 8.76. The summed E-state index contributed by atoms with van der Waals surface area (Å²) in [5.41, 5.74) is 1.87. The predicted molar refractivity (Wildman–Crippen MR) is 78.5 cm³/mol. The molecule has 1 aromatic carbocycles. The Kier molecular flexibility index (Phi) is 5.12. The topological polar surface area (TPSA) is 71.2 Å². The van der Waals surface area contributed by atoms with Crippen LogP contribution < -0.4 is 5.32 Å². The molecular weight excluding hydrogens is 254 g/mol. The summed E-state index contributed by atoms with van der Waals surface area (Å²) in [7, 11) is 0. The molecule has 2 rings (SSSR count). The Hall–Kier alpha value is -1.88. The second-order valence-corrected chi connectivity index (χ2v) is 5.18. The number of nitrogens with one attached hydrogen (secondary N) is 1. The molecular formula is C15H21N3O2. The second-order valence-electron chi connectivity index (χ2n) is 5.18. The molecule has 108 valence electrons. The van der Waals surface area contributed by atoms with Crippen LogP contribution in [0.15, 0.2) is 28.8 Å². The average Bonchev–Trinajstić information content (AvgIpc) is 2.92. The van der Waals surface area contributed by atoms with Gasteiger partial charge >= 0.3 is 0 Å². The van der Waals surface area contributed by atoms with E-state index in [1.54, 1.807) is 0 Å². The van der Waals surface area contributed by atoms with E-state index < -0.39 is 0 Å². The molecule has 0 radical (unpaired) electrons. The van der Waals surface area contributed by atoms with E-state index in [-0.39, 0.29) is 6.61 Å². The van der Waals surface area contributed by atoms with Crippen LogP contribution in [0.4, 0.5) is 5.69 Å². The number of aliphatic hydroxyl groups is 1. The monoisotopic (exact) mass is 275 g/mol. The Labute approximate surface area is 119 Å². The lowest BCUT2D eigenvalue weighted by atomic mass is 10.1. The maximum atomic E-state index is 8.76. The lowest BCUT2D eigenvalue weighted by molar-refractivity contribution is 0.311. The number of hydrogen-bond donors (Lipinski definition) is 2. The fourth-order valence-corrected chi connectivity index (χ4v) is 1.82. The summed E-state index contributed by atoms with van der Waals surface area (Å²) in [5, 5.41) is 15.9. The van der Waals surface area contributed by atoms with Crippen LogP contribution in [-0.2, 0) is 6.42 Å². The Morgan fingerprint density at radius 1 is 1.25 bits per heavy atom. The zero-order valence-electron chi connectivity index (χ0n) is 12.0. The lowest BCUT2D eigenvalue weighted by Crippen LogP contribution is -2.04. The summed E-state index contributed by atoms with van der Waals surface area (Å²) in [5.74, 6) is 1.95. The molecule has 2 N–H and O–H groups in total. The van der Waals surface area contributed by atoms with Gasteiger partial charge in [0.2, 0.25) is 0 Å². The molecule has 5 heteroatoms. The zero-order chi connectivity index (χ0) is 14.4. The SMILES string of the molecule is CC(C)CCc1noc(-c2ccc(NCCO)cc2)n1. The van der Waals surface area contributed by atoms with Gasteiger partial charge in [0, 0.05) is 24.2 Å². The quantitative estimate of drug-likeness (QED) is 0.813. The van der Waals surface area contributed by atoms with Gasteiger partial charge in [-0.05, 0) is 36.6 Å². The van der Waals surface area contributed by atoms with Crippen LogP contribution in [0.3, 0.4) is 0 Å². The molecule has 0 aliphatic heterocycles. The van der Waals surface area contributed by atoms with Gasteiger partial charge in [-0.25, -0.2) is 0 Å². The van der Waals surface area contributed by atoms with Gasteiger partial charge in [-0.1, -0.05) is 19.0 Å². The molecule has 0 unspecified atom stereocenters. The third-order valence-electron chi connectivity index (χ3n) is 2.99. The fourth-order valence-electron chi connectivity index (χ4n) is 1.82. The molecule has 1 aromatic heterocycles. The standard InChI is InChI=1S/C15H21N3O2/c1-11(2)3-8-14-17-15(20-18-14)12-4-6-13(7-5-12)16-9-10-19/h4-7,11,16,19H,3,8-10H2,1-2H3. The van der Waals surface area contributed by atoms with Crippen molar-refractivity contribution in [2.75, 3.05) is 18.5 Å². The van der Waals surface area contributed by atoms with E-state index in [1.807, 2.05) is 24.3 Å². The van der Waals surface area contributed by atoms with Crippen LogP contribution >= 0.6 is 0 Å². The van der Waals surface area contributed by atoms with Crippen molar-refractivity contribution in [3.63, 3.8) is 0 Å². The van der Waals surface area contributed by atoms with E-state index in [0.717, 1.165) is 29.9 Å². The summed E-state index contributed by atoms with van der Waals surface area (Å²) in [4.78, 5) is 4.41. The number of aromatic nitrogens is 2. The molecule has 0 bridgehead atoms. The van der Waals surface area contributed by atoms with Crippen molar-refractivity contribution in [1.82, 2.24) is 10.1 Å². The molecule has 0 atom stereocenters. The first-order valence-electron chi connectivity index (χ1n) is 6.97. The van der Waals surface area contributed by atoms with Gasteiger partial charge in [-0.3, -0.25) is 0 Å². The summed E-state index contributed by atoms with van der Waals surface area (Å²) in [6.45, 7) is 5.02. The first-order chi connectivity index (χ1) is 9.69. The Bertz CT molecular complexity index is 520. The first-order valence-corrected chi connectivity index (χ1v) is 6.97. The minimum absolute atomic E-state index is 0.116. The van der Waals surface area contributed by atoms with Gasteiger partial charge in [-0.2, -0.15) is 4.98 Å². The molecule has 2 aromatic rings. The van der Waals surface area contributed by atoms with Crippen LogP contribution in [-0.4, -0.2) is 28.4 Å². The van der Waals surface area contributed by atoms with Gasteiger partial charge in [0.05, 0.1) is 6.61 Å². The van der Waals surface area contributed by atoms with E-state index >= 15 is 0 Å². The number of aliphatic hydroxyl groups excluding tert-OH is 1. The summed E-state index contributed by atoms with van der Waals surface area (Å²) in [6, 6.07) is 7.73. The van der Waals surface area contributed by atoms with E-state index in [2.05, 4.69) is 29.3 Å². The van der Waals surface area contributed by atoms with Crippen molar-refractivity contribution in [1.29, 1.82) is 0 Å². The van der Waals surface area contributed by atoms with Crippen molar-refractivity contribution in [3.8, 4) is 11.5 Å². The van der Waals surface area contributed by atoms with Crippen molar-refractivity contribution in [2.45, 2.75) is 26.7 Å². The highest BCUT2D eigenvalue weighted by atomic mass is 16.5. The Balaban J connectivity index is 2.00. The number of hydrogen-bond acceptors (Lipinski definition) is 5. The van der Waals surface area contributed by atoms with Gasteiger partial charge < -0.3 is 14.9 Å². The van der Waals surface area contributed by atoms with Crippen LogP contribution in [0.25, 0.3) is 11.5 Å². The van der Waals surface area contributed by atoms with Gasteiger partial charge in [-0.15, -0.1) is 0 Å². The molecule has 0 aliphatic carbocycles. The van der Waals surface area contributed by atoms with E-state index in [9.17, 15) is 0 Å². The Morgan fingerprint density at radius 3 is 2.65 bits per heavy atom. The molecule has 0 amide bonds. The summed E-state index contributed by atoms with van der Waals surface area (Å²) in [6.07, 6.45) is 1.90. The molecule has 1 heterocycles. The molecule has 0 spiro atoms. The van der Waals surface area contributed by atoms with Crippen molar-refractivity contribution >= 4 is 5.69 Å². The number of nitrogens with zero attached hydrogens (tertiary/aromatic N) is 2.